The van der Waals surface area contributed by atoms with E-state index in [1.54, 1.807) is 58.0 Å². The first kappa shape index (κ1) is 21.4. The first-order chi connectivity index (χ1) is 13.1. The number of benzene rings is 2. The average Bonchev–Trinajstić information content (AvgIpc) is 2.64. The van der Waals surface area contributed by atoms with E-state index in [-0.39, 0.29) is 23.0 Å². The van der Waals surface area contributed by atoms with Gasteiger partial charge in [-0.3, -0.25) is 19.7 Å². The fourth-order valence-corrected chi connectivity index (χ4v) is 3.11. The molecule has 2 aromatic carbocycles. The molecule has 0 aromatic heterocycles. The molecule has 8 heteroatoms. The van der Waals surface area contributed by atoms with Crippen molar-refractivity contribution in [3.05, 3.63) is 74.8 Å². The van der Waals surface area contributed by atoms with Crippen molar-refractivity contribution in [3.63, 3.8) is 0 Å². The third-order valence-corrected chi connectivity index (χ3v) is 4.33. The van der Waals surface area contributed by atoms with Gasteiger partial charge in [0.1, 0.15) is 10.6 Å². The van der Waals surface area contributed by atoms with E-state index >= 15 is 0 Å². The number of hydrogen-bond donors (Lipinski definition) is 0. The Hall–Kier alpha value is -2.93. The van der Waals surface area contributed by atoms with Crippen LogP contribution in [0.1, 0.15) is 48.4 Å². The molecule has 0 aliphatic carbocycles. The van der Waals surface area contributed by atoms with Crippen LogP contribution in [0.15, 0.2) is 48.5 Å². The summed E-state index contributed by atoms with van der Waals surface area (Å²) in [6.07, 6.45) is 0. The van der Waals surface area contributed by atoms with Gasteiger partial charge in [0, 0.05) is 12.1 Å². The first-order valence-corrected chi connectivity index (χ1v) is 9.11. The van der Waals surface area contributed by atoms with E-state index < -0.39 is 22.1 Å². The Kier molecular flexibility index (Phi) is 6.41. The van der Waals surface area contributed by atoms with E-state index in [1.165, 1.54) is 28.2 Å². The summed E-state index contributed by atoms with van der Waals surface area (Å²) < 4.78 is 0. The molecule has 0 spiro atoms. The van der Waals surface area contributed by atoms with Crippen molar-refractivity contribution in [2.75, 3.05) is 6.54 Å². The van der Waals surface area contributed by atoms with Crippen molar-refractivity contribution in [3.8, 4) is 0 Å². The monoisotopic (exact) mass is 403 g/mol. The minimum atomic E-state index is -0.826. The van der Waals surface area contributed by atoms with Crippen LogP contribution in [0.2, 0.25) is 5.02 Å². The first-order valence-electron chi connectivity index (χ1n) is 8.73. The Bertz CT molecular complexity index is 894. The standard InChI is InChI=1S/C20H22ClN3O4/c1-5-22(18(25)14-10-7-6-8-11-14)23(20(2,3)4)19(26)15-12-9-13-16(21)17(15)24(27)28/h6-13H,5H2,1-4H3. The third-order valence-electron chi connectivity index (χ3n) is 4.02. The molecule has 2 aromatic rings. The van der Waals surface area contributed by atoms with Gasteiger partial charge in [-0.1, -0.05) is 35.9 Å². The highest BCUT2D eigenvalue weighted by molar-refractivity contribution is 6.33. The third kappa shape index (κ3) is 4.31. The zero-order valence-corrected chi connectivity index (χ0v) is 16.9. The quantitative estimate of drug-likeness (QED) is 0.553. The minimum absolute atomic E-state index is 0.137. The lowest BCUT2D eigenvalue weighted by molar-refractivity contribution is -0.385. The zero-order chi connectivity index (χ0) is 21.1. The molecule has 0 fully saturated rings. The smallest absolute Gasteiger partial charge is 0.267 e. The van der Waals surface area contributed by atoms with Crippen LogP contribution < -0.4 is 0 Å². The predicted octanol–water partition coefficient (Wildman–Crippen LogP) is 4.57. The molecule has 0 N–H and O–H groups in total. The van der Waals surface area contributed by atoms with Crippen LogP contribution in [0, 0.1) is 10.1 Å². The van der Waals surface area contributed by atoms with Crippen molar-refractivity contribution in [1.82, 2.24) is 10.0 Å². The molecule has 0 atom stereocenters. The van der Waals surface area contributed by atoms with E-state index in [4.69, 9.17) is 11.6 Å². The highest BCUT2D eigenvalue weighted by Crippen LogP contribution is 2.31. The van der Waals surface area contributed by atoms with Gasteiger partial charge in [0.05, 0.1) is 10.5 Å². The number of rotatable bonds is 4. The summed E-state index contributed by atoms with van der Waals surface area (Å²) in [7, 11) is 0. The molecule has 0 aliphatic rings. The van der Waals surface area contributed by atoms with E-state index in [2.05, 4.69) is 0 Å². The molecule has 2 amide bonds. The molecule has 28 heavy (non-hydrogen) atoms. The van der Waals surface area contributed by atoms with Gasteiger partial charge in [-0.2, -0.15) is 0 Å². The molecule has 148 valence electrons. The number of carbonyl (C=O) groups excluding carboxylic acids is 2. The van der Waals surface area contributed by atoms with Gasteiger partial charge in [0.2, 0.25) is 0 Å². The Balaban J connectivity index is 2.58. The number of hydrazine groups is 1. The SMILES string of the molecule is CCN(C(=O)c1ccccc1)N(C(=O)c1cccc(Cl)c1[N+](=O)[O-])C(C)(C)C. The van der Waals surface area contributed by atoms with Crippen LogP contribution in [0.5, 0.6) is 0 Å². The molecule has 0 unspecified atom stereocenters. The average molecular weight is 404 g/mol. The molecule has 0 aliphatic heterocycles. The van der Waals surface area contributed by atoms with Gasteiger partial charge in [0.25, 0.3) is 11.8 Å². The van der Waals surface area contributed by atoms with Crippen molar-refractivity contribution in [1.29, 1.82) is 0 Å². The summed E-state index contributed by atoms with van der Waals surface area (Å²) in [6, 6.07) is 12.7. The van der Waals surface area contributed by atoms with Crippen LogP contribution in [-0.2, 0) is 0 Å². The zero-order valence-electron chi connectivity index (χ0n) is 16.2. The van der Waals surface area contributed by atoms with Gasteiger partial charge >= 0.3 is 5.69 Å². The topological polar surface area (TPSA) is 83.8 Å². The van der Waals surface area contributed by atoms with E-state index in [0.717, 1.165) is 0 Å². The van der Waals surface area contributed by atoms with Gasteiger partial charge in [0.15, 0.2) is 0 Å². The second-order valence-corrected chi connectivity index (χ2v) is 7.48. The van der Waals surface area contributed by atoms with Gasteiger partial charge in [-0.15, -0.1) is 0 Å². The lowest BCUT2D eigenvalue weighted by atomic mass is 10.0. The Morgan fingerprint density at radius 2 is 1.64 bits per heavy atom. The number of amides is 2. The molecule has 0 saturated carbocycles. The largest absolute Gasteiger partial charge is 0.300 e. The Morgan fingerprint density at radius 1 is 1.04 bits per heavy atom. The summed E-state index contributed by atoms with van der Waals surface area (Å²) in [5.74, 6) is -1.05. The molecular formula is C20H22ClN3O4. The van der Waals surface area contributed by atoms with E-state index in [0.29, 0.717) is 5.56 Å². The Morgan fingerprint density at radius 3 is 2.14 bits per heavy atom. The van der Waals surface area contributed by atoms with Crippen LogP contribution in [-0.4, -0.2) is 38.8 Å². The predicted molar refractivity (Wildman–Crippen MR) is 107 cm³/mol. The van der Waals surface area contributed by atoms with Crippen LogP contribution in [0.3, 0.4) is 0 Å². The summed E-state index contributed by atoms with van der Waals surface area (Å²) in [4.78, 5) is 37.2. The van der Waals surface area contributed by atoms with E-state index in [9.17, 15) is 19.7 Å². The summed E-state index contributed by atoms with van der Waals surface area (Å²) in [5.41, 5.74) is -1.07. The van der Waals surface area contributed by atoms with Gasteiger partial charge in [-0.25, -0.2) is 10.0 Å². The second kappa shape index (κ2) is 8.39. The highest BCUT2D eigenvalue weighted by atomic mass is 35.5. The Labute approximate surface area is 168 Å². The molecule has 2 rings (SSSR count). The molecule has 0 bridgehead atoms. The van der Waals surface area contributed by atoms with E-state index in [1.807, 2.05) is 0 Å². The number of nitro groups is 1. The highest BCUT2D eigenvalue weighted by Gasteiger charge is 2.38. The van der Waals surface area contributed by atoms with Crippen molar-refractivity contribution in [2.24, 2.45) is 0 Å². The minimum Gasteiger partial charge on any atom is -0.267 e. The lowest BCUT2D eigenvalue weighted by Crippen LogP contribution is -2.58. The second-order valence-electron chi connectivity index (χ2n) is 7.07. The normalized spacial score (nSPS) is 11.0. The number of para-hydroxylation sites is 1. The maximum Gasteiger partial charge on any atom is 0.300 e. The fraction of sp³-hybridized carbons (Fsp3) is 0.300. The van der Waals surface area contributed by atoms with Crippen LogP contribution in [0.4, 0.5) is 5.69 Å². The summed E-state index contributed by atoms with van der Waals surface area (Å²) in [5, 5.41) is 13.9. The molecule has 0 saturated heterocycles. The molecule has 0 radical (unpaired) electrons. The molecule has 7 nitrogen and oxygen atoms in total. The fourth-order valence-electron chi connectivity index (χ4n) is 2.87. The summed E-state index contributed by atoms with van der Waals surface area (Å²) >= 11 is 5.97. The number of halogens is 1. The number of hydrogen-bond acceptors (Lipinski definition) is 4. The number of nitrogens with zero attached hydrogens (tertiary/aromatic N) is 3. The lowest BCUT2D eigenvalue weighted by Gasteiger charge is -2.43. The summed E-state index contributed by atoms with van der Waals surface area (Å²) in [6.45, 7) is 7.19. The van der Waals surface area contributed by atoms with Crippen molar-refractivity contribution < 1.29 is 14.5 Å². The maximum atomic E-state index is 13.4. The van der Waals surface area contributed by atoms with Gasteiger partial charge in [-0.05, 0) is 52.0 Å². The maximum absolute atomic E-state index is 13.4. The van der Waals surface area contributed by atoms with Crippen LogP contribution >= 0.6 is 11.6 Å². The van der Waals surface area contributed by atoms with Crippen LogP contribution in [0.25, 0.3) is 0 Å². The number of nitro benzene ring substituents is 1. The van der Waals surface area contributed by atoms with Crippen molar-refractivity contribution >= 4 is 29.1 Å². The number of carbonyl (C=O) groups is 2. The van der Waals surface area contributed by atoms with Crippen molar-refractivity contribution in [2.45, 2.75) is 33.2 Å². The molecular weight excluding hydrogens is 382 g/mol. The van der Waals surface area contributed by atoms with Gasteiger partial charge < -0.3 is 0 Å². The molecule has 0 heterocycles.